The molecule has 18 heavy (non-hydrogen) atoms. The lowest BCUT2D eigenvalue weighted by atomic mass is 10.3. The van der Waals surface area contributed by atoms with Gasteiger partial charge in [-0.1, -0.05) is 18.7 Å². The quantitative estimate of drug-likeness (QED) is 0.822. The molecule has 94 valence electrons. The number of aryl methyl sites for hydroxylation is 1. The van der Waals surface area contributed by atoms with Gasteiger partial charge in [-0.05, 0) is 6.42 Å². The number of thioether (sulfide) groups is 1. The Balaban J connectivity index is 2.37. The Morgan fingerprint density at radius 1 is 1.39 bits per heavy atom. The third kappa shape index (κ3) is 2.67. The average molecular weight is 264 g/mol. The first-order valence-electron chi connectivity index (χ1n) is 5.39. The van der Waals surface area contributed by atoms with Crippen LogP contribution in [0.2, 0.25) is 0 Å². The molecule has 2 aromatic heterocycles. The molecule has 0 amide bonds. The highest BCUT2D eigenvalue weighted by Gasteiger charge is 2.12. The number of imidazole rings is 1. The largest absolute Gasteiger partial charge is 0.481 e. The van der Waals surface area contributed by atoms with Crippen molar-refractivity contribution in [2.45, 2.75) is 18.5 Å². The Labute approximate surface area is 108 Å². The zero-order valence-corrected chi connectivity index (χ0v) is 10.6. The standard InChI is InChI=1S/C11H12N4O2S/c1-2-8-5-14-11(18-6-10(16)17)15(8)9-3-12-7-13-4-9/h3-5,7H,2,6H2,1H3,(H,16,17). The molecule has 2 heterocycles. The fourth-order valence-electron chi connectivity index (χ4n) is 1.53. The van der Waals surface area contributed by atoms with Gasteiger partial charge in [0.25, 0.3) is 0 Å². The molecule has 1 N–H and O–H groups in total. The predicted octanol–water partition coefficient (Wildman–Crippen LogP) is 1.40. The number of hydrogen-bond donors (Lipinski definition) is 1. The molecule has 0 spiro atoms. The molecule has 7 heteroatoms. The SMILES string of the molecule is CCc1cnc(SCC(=O)O)n1-c1cncnc1. The second kappa shape index (κ2) is 5.63. The van der Waals surface area contributed by atoms with Gasteiger partial charge in [-0.2, -0.15) is 0 Å². The number of aromatic nitrogens is 4. The van der Waals surface area contributed by atoms with Crippen LogP contribution >= 0.6 is 11.8 Å². The fraction of sp³-hybridized carbons (Fsp3) is 0.273. The van der Waals surface area contributed by atoms with Gasteiger partial charge in [-0.25, -0.2) is 15.0 Å². The molecule has 0 aliphatic heterocycles. The molecule has 0 unspecified atom stereocenters. The van der Waals surface area contributed by atoms with Gasteiger partial charge in [0.1, 0.15) is 6.33 Å². The molecule has 0 saturated carbocycles. The molecule has 6 nitrogen and oxygen atoms in total. The van der Waals surface area contributed by atoms with Gasteiger partial charge in [0.2, 0.25) is 0 Å². The maximum absolute atomic E-state index is 10.6. The van der Waals surface area contributed by atoms with E-state index in [1.807, 2.05) is 11.5 Å². The first kappa shape index (κ1) is 12.6. The molecule has 0 aliphatic rings. The minimum atomic E-state index is -0.864. The van der Waals surface area contributed by atoms with Crippen molar-refractivity contribution in [3.05, 3.63) is 30.6 Å². The topological polar surface area (TPSA) is 80.9 Å². The lowest BCUT2D eigenvalue weighted by molar-refractivity contribution is -0.133. The first-order chi connectivity index (χ1) is 8.72. The van der Waals surface area contributed by atoms with E-state index in [1.165, 1.54) is 18.1 Å². The van der Waals surface area contributed by atoms with Crippen molar-refractivity contribution >= 4 is 17.7 Å². The van der Waals surface area contributed by atoms with Gasteiger partial charge in [0.15, 0.2) is 5.16 Å². The summed E-state index contributed by atoms with van der Waals surface area (Å²) < 4.78 is 1.88. The van der Waals surface area contributed by atoms with Crippen LogP contribution in [0.25, 0.3) is 5.69 Å². The van der Waals surface area contributed by atoms with Crippen LogP contribution in [0.5, 0.6) is 0 Å². The minimum absolute atomic E-state index is 0.0200. The van der Waals surface area contributed by atoms with Crippen molar-refractivity contribution in [2.24, 2.45) is 0 Å². The molecule has 0 bridgehead atoms. The minimum Gasteiger partial charge on any atom is -0.481 e. The Morgan fingerprint density at radius 3 is 2.72 bits per heavy atom. The summed E-state index contributed by atoms with van der Waals surface area (Å²) in [6.45, 7) is 2.02. The summed E-state index contributed by atoms with van der Waals surface area (Å²) in [5, 5.41) is 9.36. The van der Waals surface area contributed by atoms with Gasteiger partial charge in [0.05, 0.1) is 23.8 Å². The Kier molecular flexibility index (Phi) is 3.93. The van der Waals surface area contributed by atoms with E-state index in [9.17, 15) is 4.79 Å². The summed E-state index contributed by atoms with van der Waals surface area (Å²) in [6, 6.07) is 0. The summed E-state index contributed by atoms with van der Waals surface area (Å²) >= 11 is 1.18. The lowest BCUT2D eigenvalue weighted by Gasteiger charge is -2.08. The zero-order valence-electron chi connectivity index (χ0n) is 9.78. The van der Waals surface area contributed by atoms with Crippen molar-refractivity contribution in [3.63, 3.8) is 0 Å². The molecule has 0 saturated heterocycles. The van der Waals surface area contributed by atoms with Crippen molar-refractivity contribution in [2.75, 3.05) is 5.75 Å². The third-order valence-electron chi connectivity index (χ3n) is 2.29. The number of aliphatic carboxylic acids is 1. The van der Waals surface area contributed by atoms with E-state index in [0.717, 1.165) is 17.8 Å². The summed E-state index contributed by atoms with van der Waals surface area (Å²) in [4.78, 5) is 22.8. The Hall–Kier alpha value is -1.89. The molecule has 0 fully saturated rings. The van der Waals surface area contributed by atoms with Crippen molar-refractivity contribution in [3.8, 4) is 5.69 Å². The van der Waals surface area contributed by atoms with E-state index in [0.29, 0.717) is 5.16 Å². The molecule has 0 aliphatic carbocycles. The van der Waals surface area contributed by atoms with Crippen LogP contribution in [0.4, 0.5) is 0 Å². The number of carbonyl (C=O) groups is 1. The lowest BCUT2D eigenvalue weighted by Crippen LogP contribution is -2.04. The molecule has 0 radical (unpaired) electrons. The maximum atomic E-state index is 10.6. The number of hydrogen-bond acceptors (Lipinski definition) is 5. The normalized spacial score (nSPS) is 10.5. The number of rotatable bonds is 5. The maximum Gasteiger partial charge on any atom is 0.313 e. The number of carboxylic acids is 1. The van der Waals surface area contributed by atoms with Crippen LogP contribution in [0.15, 0.2) is 30.1 Å². The highest BCUT2D eigenvalue weighted by molar-refractivity contribution is 7.99. The predicted molar refractivity (Wildman–Crippen MR) is 66.9 cm³/mol. The number of nitrogens with zero attached hydrogens (tertiary/aromatic N) is 4. The van der Waals surface area contributed by atoms with Gasteiger partial charge >= 0.3 is 5.97 Å². The third-order valence-corrected chi connectivity index (χ3v) is 3.23. The molecule has 0 aromatic carbocycles. The summed E-state index contributed by atoms with van der Waals surface area (Å²) in [7, 11) is 0. The van der Waals surface area contributed by atoms with E-state index in [2.05, 4.69) is 15.0 Å². The molecular weight excluding hydrogens is 252 g/mol. The van der Waals surface area contributed by atoms with Gasteiger partial charge in [-0.3, -0.25) is 9.36 Å². The van der Waals surface area contributed by atoms with E-state index >= 15 is 0 Å². The van der Waals surface area contributed by atoms with Crippen LogP contribution in [-0.2, 0) is 11.2 Å². The van der Waals surface area contributed by atoms with Crippen molar-refractivity contribution in [1.82, 2.24) is 19.5 Å². The fourth-order valence-corrected chi connectivity index (χ4v) is 2.26. The van der Waals surface area contributed by atoms with E-state index in [4.69, 9.17) is 5.11 Å². The van der Waals surface area contributed by atoms with Crippen LogP contribution in [0.1, 0.15) is 12.6 Å². The van der Waals surface area contributed by atoms with Gasteiger partial charge in [-0.15, -0.1) is 0 Å². The van der Waals surface area contributed by atoms with Crippen molar-refractivity contribution in [1.29, 1.82) is 0 Å². The van der Waals surface area contributed by atoms with Crippen LogP contribution < -0.4 is 0 Å². The molecule has 0 atom stereocenters. The van der Waals surface area contributed by atoms with Crippen LogP contribution in [0.3, 0.4) is 0 Å². The molecule has 2 aromatic rings. The smallest absolute Gasteiger partial charge is 0.313 e. The second-order valence-corrected chi connectivity index (χ2v) is 4.44. The van der Waals surface area contributed by atoms with E-state index < -0.39 is 5.97 Å². The second-order valence-electron chi connectivity index (χ2n) is 3.50. The van der Waals surface area contributed by atoms with E-state index in [-0.39, 0.29) is 5.75 Å². The average Bonchev–Trinajstić information content (AvgIpc) is 2.80. The zero-order chi connectivity index (χ0) is 13.0. The highest BCUT2D eigenvalue weighted by atomic mass is 32.2. The Bertz CT molecular complexity index is 541. The summed E-state index contributed by atoms with van der Waals surface area (Å²) in [5.41, 5.74) is 1.79. The monoisotopic (exact) mass is 264 g/mol. The molecule has 2 rings (SSSR count). The first-order valence-corrected chi connectivity index (χ1v) is 6.37. The van der Waals surface area contributed by atoms with Gasteiger partial charge in [0, 0.05) is 11.9 Å². The summed E-state index contributed by atoms with van der Waals surface area (Å²) in [6.07, 6.45) is 7.36. The summed E-state index contributed by atoms with van der Waals surface area (Å²) in [5.74, 6) is -0.884. The number of carboxylic acid groups (broad SMARTS) is 1. The van der Waals surface area contributed by atoms with E-state index in [1.54, 1.807) is 18.6 Å². The van der Waals surface area contributed by atoms with Crippen molar-refractivity contribution < 1.29 is 9.90 Å². The van der Waals surface area contributed by atoms with Gasteiger partial charge < -0.3 is 5.11 Å². The van der Waals surface area contributed by atoms with Crippen LogP contribution in [-0.4, -0.2) is 36.3 Å². The Morgan fingerprint density at radius 2 is 2.11 bits per heavy atom. The molecular formula is C11H12N4O2S. The highest BCUT2D eigenvalue weighted by Crippen LogP contribution is 2.22. The van der Waals surface area contributed by atoms with Crippen LogP contribution in [0, 0.1) is 0 Å².